The van der Waals surface area contributed by atoms with Crippen molar-refractivity contribution in [2.45, 2.75) is 19.8 Å². The fraction of sp³-hybridized carbons (Fsp3) is 0.391. The molecular weight excluding hydrogens is 418 g/mol. The number of aromatic nitrogens is 1. The van der Waals surface area contributed by atoms with Crippen molar-refractivity contribution in [1.82, 2.24) is 9.88 Å². The Morgan fingerprint density at radius 1 is 1.23 bits per heavy atom. The molecule has 0 bridgehead atoms. The number of nitrogens with zero attached hydrogens (tertiary/aromatic N) is 3. The largest absolute Gasteiger partial charge is 0.379 e. The summed E-state index contributed by atoms with van der Waals surface area (Å²) in [5.74, 6) is 0.0750. The van der Waals surface area contributed by atoms with Gasteiger partial charge in [0.05, 0.1) is 29.9 Å². The van der Waals surface area contributed by atoms with E-state index in [9.17, 15) is 4.79 Å². The quantitative estimate of drug-likeness (QED) is 0.537. The van der Waals surface area contributed by atoms with E-state index >= 15 is 0 Å². The van der Waals surface area contributed by atoms with Gasteiger partial charge in [-0.3, -0.25) is 14.6 Å². The van der Waals surface area contributed by atoms with Crippen molar-refractivity contribution in [2.75, 3.05) is 44.3 Å². The van der Waals surface area contributed by atoms with Crippen LogP contribution < -0.4 is 4.90 Å². The van der Waals surface area contributed by atoms with Crippen LogP contribution in [-0.2, 0) is 16.0 Å². The summed E-state index contributed by atoms with van der Waals surface area (Å²) in [6.45, 7) is 7.09. The van der Waals surface area contributed by atoms with E-state index in [2.05, 4.69) is 4.90 Å². The Hall–Kier alpha value is -1.99. The van der Waals surface area contributed by atoms with Crippen molar-refractivity contribution in [3.8, 4) is 0 Å². The number of morpholine rings is 1. The number of hydrogen-bond acceptors (Lipinski definition) is 5. The zero-order chi connectivity index (χ0) is 20.9. The minimum Gasteiger partial charge on any atom is -0.379 e. The molecule has 0 aliphatic carbocycles. The highest BCUT2D eigenvalue weighted by molar-refractivity contribution is 7.22. The fourth-order valence-corrected chi connectivity index (χ4v) is 5.19. The second kappa shape index (κ2) is 9.88. The van der Waals surface area contributed by atoms with E-state index in [4.69, 9.17) is 21.3 Å². The maximum absolute atomic E-state index is 13.3. The molecule has 2 aromatic carbocycles. The van der Waals surface area contributed by atoms with Gasteiger partial charge in [0, 0.05) is 31.2 Å². The number of ether oxygens (including phenoxy) is 1. The van der Waals surface area contributed by atoms with Gasteiger partial charge in [-0.2, -0.15) is 0 Å². The van der Waals surface area contributed by atoms with Crippen molar-refractivity contribution in [2.24, 2.45) is 0 Å². The summed E-state index contributed by atoms with van der Waals surface area (Å²) < 4.78 is 6.44. The Bertz CT molecular complexity index is 1000. The maximum atomic E-state index is 13.3. The van der Waals surface area contributed by atoms with E-state index in [0.29, 0.717) is 18.0 Å². The lowest BCUT2D eigenvalue weighted by molar-refractivity contribution is -0.118. The first-order valence-electron chi connectivity index (χ1n) is 10.3. The molecule has 0 saturated carbocycles. The van der Waals surface area contributed by atoms with Gasteiger partial charge in [-0.05, 0) is 36.6 Å². The highest BCUT2D eigenvalue weighted by Gasteiger charge is 2.21. The van der Waals surface area contributed by atoms with Crippen LogP contribution in [0, 0.1) is 6.92 Å². The molecule has 1 amide bonds. The van der Waals surface area contributed by atoms with Gasteiger partial charge >= 0.3 is 0 Å². The third-order valence-electron chi connectivity index (χ3n) is 5.33. The Kier molecular flexibility index (Phi) is 7.00. The van der Waals surface area contributed by atoms with Crippen LogP contribution in [0.3, 0.4) is 0 Å². The van der Waals surface area contributed by atoms with Gasteiger partial charge in [-0.1, -0.05) is 53.3 Å². The molecule has 1 aromatic heterocycles. The second-order valence-electron chi connectivity index (χ2n) is 7.58. The minimum absolute atomic E-state index is 0.0750. The summed E-state index contributed by atoms with van der Waals surface area (Å²) in [4.78, 5) is 22.3. The summed E-state index contributed by atoms with van der Waals surface area (Å²) in [5, 5.41) is 1.45. The van der Waals surface area contributed by atoms with E-state index in [0.717, 1.165) is 65.7 Å². The molecule has 4 rings (SSSR count). The predicted octanol–water partition coefficient (Wildman–Crippen LogP) is 4.56. The Morgan fingerprint density at radius 2 is 2.00 bits per heavy atom. The van der Waals surface area contributed by atoms with Crippen LogP contribution in [0.2, 0.25) is 5.02 Å². The standard InChI is InChI=1S/C23H26ClN3O2S/c1-17-14-19(24)16-20-22(17)25-23(30-20)27(9-5-8-26-10-12-29-13-11-26)21(28)15-18-6-3-2-4-7-18/h2-4,6-7,14,16H,5,8-13,15H2,1H3. The molecule has 5 nitrogen and oxygen atoms in total. The summed E-state index contributed by atoms with van der Waals surface area (Å²) in [5.41, 5.74) is 2.97. The molecule has 0 N–H and O–H groups in total. The van der Waals surface area contributed by atoms with Crippen LogP contribution in [0.15, 0.2) is 42.5 Å². The first-order valence-corrected chi connectivity index (χ1v) is 11.5. The fourth-order valence-electron chi connectivity index (χ4n) is 3.73. The van der Waals surface area contributed by atoms with Crippen molar-refractivity contribution in [3.05, 3.63) is 58.6 Å². The Morgan fingerprint density at radius 3 is 2.77 bits per heavy atom. The molecule has 0 spiro atoms. The average molecular weight is 444 g/mol. The summed E-state index contributed by atoms with van der Waals surface area (Å²) in [6, 6.07) is 13.7. The number of anilines is 1. The minimum atomic E-state index is 0.0750. The maximum Gasteiger partial charge on any atom is 0.233 e. The number of rotatable bonds is 7. The molecule has 3 aromatic rings. The number of carbonyl (C=O) groups excluding carboxylic acids is 1. The van der Waals surface area contributed by atoms with Gasteiger partial charge < -0.3 is 4.74 Å². The Balaban J connectivity index is 1.54. The average Bonchev–Trinajstić information content (AvgIpc) is 3.16. The summed E-state index contributed by atoms with van der Waals surface area (Å²) in [6.07, 6.45) is 1.27. The first kappa shape index (κ1) is 21.2. The van der Waals surface area contributed by atoms with Crippen LogP contribution in [-0.4, -0.2) is 55.2 Å². The number of amides is 1. The van der Waals surface area contributed by atoms with Gasteiger partial charge in [0.2, 0.25) is 5.91 Å². The van der Waals surface area contributed by atoms with E-state index in [1.165, 1.54) is 11.3 Å². The molecular formula is C23H26ClN3O2S. The number of thiazole rings is 1. The number of fused-ring (bicyclic) bond motifs is 1. The van der Waals surface area contributed by atoms with Crippen LogP contribution >= 0.6 is 22.9 Å². The normalized spacial score (nSPS) is 14.9. The van der Waals surface area contributed by atoms with E-state index < -0.39 is 0 Å². The monoisotopic (exact) mass is 443 g/mol. The summed E-state index contributed by atoms with van der Waals surface area (Å²) >= 11 is 7.77. The van der Waals surface area contributed by atoms with E-state index in [1.807, 2.05) is 54.3 Å². The number of aryl methyl sites for hydroxylation is 1. The smallest absolute Gasteiger partial charge is 0.233 e. The van der Waals surface area contributed by atoms with Crippen LogP contribution in [0.4, 0.5) is 5.13 Å². The number of carbonyl (C=O) groups is 1. The van der Waals surface area contributed by atoms with Crippen LogP contribution in [0.5, 0.6) is 0 Å². The van der Waals surface area contributed by atoms with Gasteiger partial charge in [-0.25, -0.2) is 4.98 Å². The van der Waals surface area contributed by atoms with Crippen LogP contribution in [0.25, 0.3) is 10.2 Å². The molecule has 1 aliphatic rings. The lowest BCUT2D eigenvalue weighted by atomic mass is 10.1. The zero-order valence-electron chi connectivity index (χ0n) is 17.1. The molecule has 30 heavy (non-hydrogen) atoms. The molecule has 1 aliphatic heterocycles. The van der Waals surface area contributed by atoms with Crippen molar-refractivity contribution >= 4 is 44.2 Å². The van der Waals surface area contributed by atoms with Gasteiger partial charge in [0.1, 0.15) is 0 Å². The molecule has 1 saturated heterocycles. The lowest BCUT2D eigenvalue weighted by Gasteiger charge is -2.27. The van der Waals surface area contributed by atoms with E-state index in [-0.39, 0.29) is 5.91 Å². The third-order valence-corrected chi connectivity index (χ3v) is 6.57. The lowest BCUT2D eigenvalue weighted by Crippen LogP contribution is -2.39. The van der Waals surface area contributed by atoms with Gasteiger partial charge in [0.25, 0.3) is 0 Å². The zero-order valence-corrected chi connectivity index (χ0v) is 18.7. The number of benzene rings is 2. The predicted molar refractivity (Wildman–Crippen MR) is 124 cm³/mol. The second-order valence-corrected chi connectivity index (χ2v) is 9.03. The van der Waals surface area contributed by atoms with Crippen molar-refractivity contribution < 1.29 is 9.53 Å². The Labute approximate surface area is 186 Å². The molecule has 2 heterocycles. The SMILES string of the molecule is Cc1cc(Cl)cc2sc(N(CCCN3CCOCC3)C(=O)Cc3ccccc3)nc12. The summed E-state index contributed by atoms with van der Waals surface area (Å²) in [7, 11) is 0. The third kappa shape index (κ3) is 5.19. The van der Waals surface area contributed by atoms with Crippen molar-refractivity contribution in [1.29, 1.82) is 0 Å². The number of hydrogen-bond donors (Lipinski definition) is 0. The van der Waals surface area contributed by atoms with Gasteiger partial charge in [0.15, 0.2) is 5.13 Å². The van der Waals surface area contributed by atoms with Crippen molar-refractivity contribution in [3.63, 3.8) is 0 Å². The van der Waals surface area contributed by atoms with Gasteiger partial charge in [-0.15, -0.1) is 0 Å². The molecule has 158 valence electrons. The number of halogens is 1. The molecule has 0 unspecified atom stereocenters. The van der Waals surface area contributed by atoms with E-state index in [1.54, 1.807) is 0 Å². The highest BCUT2D eigenvalue weighted by Crippen LogP contribution is 2.33. The molecule has 0 radical (unpaired) electrons. The topological polar surface area (TPSA) is 45.7 Å². The molecule has 7 heteroatoms. The van der Waals surface area contributed by atoms with Crippen LogP contribution in [0.1, 0.15) is 17.5 Å². The molecule has 0 atom stereocenters. The first-order chi connectivity index (χ1) is 14.6. The highest BCUT2D eigenvalue weighted by atomic mass is 35.5. The molecule has 1 fully saturated rings.